The zero-order valence-electron chi connectivity index (χ0n) is 13.1. The number of amides is 1. The Morgan fingerprint density at radius 2 is 2.29 bits per heavy atom. The summed E-state index contributed by atoms with van der Waals surface area (Å²) in [7, 11) is 1.69. The highest BCUT2D eigenvalue weighted by atomic mass is 16.2. The molecule has 116 valence electrons. The second kappa shape index (κ2) is 6.89. The Balaban J connectivity index is 2.15. The van der Waals surface area contributed by atoms with E-state index < -0.39 is 0 Å². The van der Waals surface area contributed by atoms with Crippen LogP contribution >= 0.6 is 0 Å². The number of pyridine rings is 1. The number of hydrogen-bond acceptors (Lipinski definition) is 3. The average Bonchev–Trinajstić information content (AvgIpc) is 2.93. The van der Waals surface area contributed by atoms with Crippen LogP contribution in [0.4, 0.5) is 0 Å². The van der Waals surface area contributed by atoms with Crippen LogP contribution in [0.15, 0.2) is 23.1 Å². The van der Waals surface area contributed by atoms with Crippen molar-refractivity contribution in [2.45, 2.75) is 32.7 Å². The summed E-state index contributed by atoms with van der Waals surface area (Å²) in [6.45, 7) is 6.66. The molecule has 2 heterocycles. The molecular weight excluding hydrogens is 266 g/mol. The van der Waals surface area contributed by atoms with Gasteiger partial charge in [0.25, 0.3) is 11.5 Å². The highest BCUT2D eigenvalue weighted by Gasteiger charge is 2.23. The van der Waals surface area contributed by atoms with Crippen molar-refractivity contribution >= 4 is 5.91 Å². The lowest BCUT2D eigenvalue weighted by Crippen LogP contribution is -2.43. The molecule has 0 bridgehead atoms. The van der Waals surface area contributed by atoms with Gasteiger partial charge in [-0.25, -0.2) is 0 Å². The van der Waals surface area contributed by atoms with Gasteiger partial charge in [-0.15, -0.1) is 0 Å². The van der Waals surface area contributed by atoms with E-state index in [1.165, 1.54) is 17.1 Å². The van der Waals surface area contributed by atoms with E-state index in [4.69, 9.17) is 0 Å². The fourth-order valence-corrected chi connectivity index (χ4v) is 2.72. The molecule has 1 aliphatic rings. The highest BCUT2D eigenvalue weighted by Crippen LogP contribution is 2.12. The number of hydrogen-bond donors (Lipinski definition) is 1. The molecule has 0 saturated carbocycles. The number of nitrogens with one attached hydrogen (secondary N) is 1. The van der Waals surface area contributed by atoms with Crippen molar-refractivity contribution < 1.29 is 4.79 Å². The summed E-state index contributed by atoms with van der Waals surface area (Å²) in [5.41, 5.74) is 0.334. The second-order valence-electron chi connectivity index (χ2n) is 6.26. The summed E-state index contributed by atoms with van der Waals surface area (Å²) in [6.07, 6.45) is 3.93. The maximum Gasteiger partial charge on any atom is 0.254 e. The predicted octanol–water partition coefficient (Wildman–Crippen LogP) is 1.24. The third kappa shape index (κ3) is 4.17. The zero-order valence-corrected chi connectivity index (χ0v) is 13.1. The normalized spacial score (nSPS) is 18.2. The smallest absolute Gasteiger partial charge is 0.254 e. The Hall–Kier alpha value is -1.62. The molecule has 1 saturated heterocycles. The van der Waals surface area contributed by atoms with E-state index >= 15 is 0 Å². The summed E-state index contributed by atoms with van der Waals surface area (Å²) in [4.78, 5) is 26.3. The minimum absolute atomic E-state index is 0.0462. The molecule has 1 unspecified atom stereocenters. The molecule has 0 spiro atoms. The quantitative estimate of drug-likeness (QED) is 0.888. The Kier molecular flexibility index (Phi) is 5.17. The summed E-state index contributed by atoms with van der Waals surface area (Å²) in [6, 6.07) is 3.52. The van der Waals surface area contributed by atoms with E-state index in [1.54, 1.807) is 19.3 Å². The minimum atomic E-state index is -0.149. The summed E-state index contributed by atoms with van der Waals surface area (Å²) in [5, 5.41) is 3.43. The summed E-state index contributed by atoms with van der Waals surface area (Å²) in [5.74, 6) is 0.358. The van der Waals surface area contributed by atoms with Crippen LogP contribution in [0.5, 0.6) is 0 Å². The molecule has 1 aromatic heterocycles. The van der Waals surface area contributed by atoms with Crippen LogP contribution in [0.1, 0.15) is 37.0 Å². The number of nitrogens with zero attached hydrogens (tertiary/aromatic N) is 2. The van der Waals surface area contributed by atoms with Gasteiger partial charge >= 0.3 is 0 Å². The molecule has 0 aromatic carbocycles. The monoisotopic (exact) mass is 291 g/mol. The van der Waals surface area contributed by atoms with E-state index in [2.05, 4.69) is 19.2 Å². The maximum atomic E-state index is 12.7. The molecule has 21 heavy (non-hydrogen) atoms. The first-order chi connectivity index (χ1) is 9.97. The van der Waals surface area contributed by atoms with Gasteiger partial charge in [-0.3, -0.25) is 9.59 Å². The van der Waals surface area contributed by atoms with Gasteiger partial charge in [-0.2, -0.15) is 0 Å². The van der Waals surface area contributed by atoms with Gasteiger partial charge in [-0.05, 0) is 31.4 Å². The number of aryl methyl sites for hydroxylation is 1. The van der Waals surface area contributed by atoms with Crippen LogP contribution in [-0.2, 0) is 7.05 Å². The lowest BCUT2D eigenvalue weighted by molar-refractivity contribution is 0.0721. The first kappa shape index (κ1) is 15.8. The first-order valence-corrected chi connectivity index (χ1v) is 7.66. The molecule has 1 fully saturated rings. The molecule has 1 aromatic rings. The van der Waals surface area contributed by atoms with Gasteiger partial charge in [0.15, 0.2) is 0 Å². The van der Waals surface area contributed by atoms with Crippen molar-refractivity contribution in [2.75, 3.05) is 19.6 Å². The van der Waals surface area contributed by atoms with Crippen LogP contribution < -0.4 is 10.9 Å². The van der Waals surface area contributed by atoms with Crippen LogP contribution in [0.2, 0.25) is 0 Å². The van der Waals surface area contributed by atoms with Crippen LogP contribution in [0.25, 0.3) is 0 Å². The molecule has 1 amide bonds. The molecule has 5 nitrogen and oxygen atoms in total. The fraction of sp³-hybridized carbons (Fsp3) is 0.625. The molecule has 1 aliphatic heterocycles. The van der Waals surface area contributed by atoms with Crippen molar-refractivity contribution in [3.8, 4) is 0 Å². The van der Waals surface area contributed by atoms with Gasteiger partial charge < -0.3 is 14.8 Å². The number of carbonyl (C=O) groups is 1. The second-order valence-corrected chi connectivity index (χ2v) is 6.26. The largest absolute Gasteiger partial charge is 0.337 e. The molecule has 1 N–H and O–H groups in total. The molecule has 0 aliphatic carbocycles. The lowest BCUT2D eigenvalue weighted by atomic mass is 10.1. The van der Waals surface area contributed by atoms with Crippen molar-refractivity contribution in [2.24, 2.45) is 13.0 Å². The zero-order chi connectivity index (χ0) is 15.4. The van der Waals surface area contributed by atoms with Gasteiger partial charge in [-0.1, -0.05) is 13.8 Å². The summed E-state index contributed by atoms with van der Waals surface area (Å²) < 4.78 is 1.47. The van der Waals surface area contributed by atoms with Gasteiger partial charge in [0.2, 0.25) is 0 Å². The van der Waals surface area contributed by atoms with Gasteiger partial charge in [0.1, 0.15) is 0 Å². The van der Waals surface area contributed by atoms with Crippen molar-refractivity contribution in [1.82, 2.24) is 14.8 Å². The number of rotatable bonds is 5. The Labute approximate surface area is 126 Å². The van der Waals surface area contributed by atoms with E-state index in [-0.39, 0.29) is 11.5 Å². The Morgan fingerprint density at radius 1 is 1.52 bits per heavy atom. The predicted molar refractivity (Wildman–Crippen MR) is 83.4 cm³/mol. The van der Waals surface area contributed by atoms with E-state index in [1.807, 2.05) is 4.90 Å². The number of aromatic nitrogens is 1. The third-order valence-corrected chi connectivity index (χ3v) is 3.83. The van der Waals surface area contributed by atoms with Crippen molar-refractivity contribution in [1.29, 1.82) is 0 Å². The molecule has 2 rings (SSSR count). The first-order valence-electron chi connectivity index (χ1n) is 7.66. The van der Waals surface area contributed by atoms with Crippen molar-refractivity contribution in [3.63, 3.8) is 0 Å². The van der Waals surface area contributed by atoms with Crippen LogP contribution in [0.3, 0.4) is 0 Å². The van der Waals surface area contributed by atoms with Crippen molar-refractivity contribution in [3.05, 3.63) is 34.2 Å². The van der Waals surface area contributed by atoms with E-state index in [0.717, 1.165) is 13.0 Å². The SMILES string of the molecule is CC(C)CN(CC1CCCN1)C(=O)c1ccn(C)c(=O)c1. The Bertz CT molecular complexity index is 545. The lowest BCUT2D eigenvalue weighted by Gasteiger charge is -2.27. The summed E-state index contributed by atoms with van der Waals surface area (Å²) >= 11 is 0. The molecular formula is C16H25N3O2. The highest BCUT2D eigenvalue weighted by molar-refractivity contribution is 5.94. The molecule has 5 heteroatoms. The van der Waals surface area contributed by atoms with E-state index in [9.17, 15) is 9.59 Å². The third-order valence-electron chi connectivity index (χ3n) is 3.83. The minimum Gasteiger partial charge on any atom is -0.337 e. The van der Waals surface area contributed by atoms with Gasteiger partial charge in [0, 0.05) is 44.0 Å². The van der Waals surface area contributed by atoms with Crippen LogP contribution in [-0.4, -0.2) is 41.1 Å². The van der Waals surface area contributed by atoms with E-state index in [0.29, 0.717) is 30.6 Å². The molecule has 1 atom stereocenters. The van der Waals surface area contributed by atoms with Crippen LogP contribution in [0, 0.1) is 5.92 Å². The fourth-order valence-electron chi connectivity index (χ4n) is 2.72. The topological polar surface area (TPSA) is 54.3 Å². The molecule has 0 radical (unpaired) electrons. The maximum absolute atomic E-state index is 12.7. The average molecular weight is 291 g/mol. The Morgan fingerprint density at radius 3 is 2.86 bits per heavy atom. The standard InChI is InChI=1S/C16H25N3O2/c1-12(2)10-19(11-14-5-4-7-17-14)16(21)13-6-8-18(3)15(20)9-13/h6,8-9,12,14,17H,4-5,7,10-11H2,1-3H3. The number of carbonyl (C=O) groups excluding carboxylic acids is 1. The van der Waals surface area contributed by atoms with Gasteiger partial charge in [0.05, 0.1) is 0 Å².